The van der Waals surface area contributed by atoms with Crippen molar-refractivity contribution in [3.8, 4) is 0 Å². The lowest BCUT2D eigenvalue weighted by atomic mass is 10.2. The largest absolute Gasteiger partial charge is 0.416 e. The zero-order chi connectivity index (χ0) is 25.9. The summed E-state index contributed by atoms with van der Waals surface area (Å²) in [6.07, 6.45) is -3.66. The van der Waals surface area contributed by atoms with Crippen LogP contribution in [-0.4, -0.2) is 71.2 Å². The molecule has 1 N–H and O–H groups in total. The van der Waals surface area contributed by atoms with Gasteiger partial charge >= 0.3 is 12.2 Å². The van der Waals surface area contributed by atoms with Gasteiger partial charge in [-0.25, -0.2) is 4.79 Å². The molecule has 6 nitrogen and oxygen atoms in total. The fourth-order valence-electron chi connectivity index (χ4n) is 4.37. The second-order valence-electron chi connectivity index (χ2n) is 8.77. The van der Waals surface area contributed by atoms with E-state index in [0.717, 1.165) is 24.1 Å². The molecule has 11 heteroatoms. The molecule has 4 rings (SSSR count). The van der Waals surface area contributed by atoms with Crippen molar-refractivity contribution in [2.45, 2.75) is 30.1 Å². The maximum atomic E-state index is 13.0. The van der Waals surface area contributed by atoms with Gasteiger partial charge in [-0.2, -0.15) is 13.2 Å². The van der Waals surface area contributed by atoms with Crippen LogP contribution in [0.15, 0.2) is 48.5 Å². The molecular weight excluding hydrogens is 513 g/mol. The van der Waals surface area contributed by atoms with E-state index >= 15 is 0 Å². The minimum atomic E-state index is -4.41. The van der Waals surface area contributed by atoms with E-state index in [1.165, 1.54) is 12.1 Å². The summed E-state index contributed by atoms with van der Waals surface area (Å²) >= 11 is 8.07. The molecule has 2 atom stereocenters. The summed E-state index contributed by atoms with van der Waals surface area (Å²) in [7, 11) is 0. The fourth-order valence-corrected chi connectivity index (χ4v) is 6.14. The van der Waals surface area contributed by atoms with Gasteiger partial charge < -0.3 is 15.1 Å². The van der Waals surface area contributed by atoms with Crippen LogP contribution >= 0.6 is 23.4 Å². The van der Waals surface area contributed by atoms with Crippen LogP contribution in [0.25, 0.3) is 0 Å². The second kappa shape index (κ2) is 11.3. The Hall–Kier alpha value is -2.43. The normalized spacial score (nSPS) is 21.2. The number of amides is 3. The van der Waals surface area contributed by atoms with Crippen LogP contribution in [0.3, 0.4) is 0 Å². The van der Waals surface area contributed by atoms with Crippen molar-refractivity contribution in [1.82, 2.24) is 14.7 Å². The Morgan fingerprint density at radius 3 is 2.33 bits per heavy atom. The van der Waals surface area contributed by atoms with Crippen molar-refractivity contribution in [3.05, 3.63) is 64.7 Å². The van der Waals surface area contributed by atoms with E-state index in [0.29, 0.717) is 50.0 Å². The lowest BCUT2D eigenvalue weighted by Crippen LogP contribution is -2.51. The highest BCUT2D eigenvalue weighted by atomic mass is 35.5. The van der Waals surface area contributed by atoms with Crippen molar-refractivity contribution < 1.29 is 22.8 Å². The van der Waals surface area contributed by atoms with Gasteiger partial charge in [-0.05, 0) is 36.8 Å². The number of hydrogen-bond acceptors (Lipinski definition) is 4. The molecule has 0 aromatic heterocycles. The van der Waals surface area contributed by atoms with Crippen LogP contribution in [0.2, 0.25) is 5.02 Å². The van der Waals surface area contributed by atoms with Gasteiger partial charge in [0.1, 0.15) is 5.37 Å². The molecule has 2 heterocycles. The Balaban J connectivity index is 1.29. The minimum absolute atomic E-state index is 0.0861. The van der Waals surface area contributed by atoms with E-state index in [-0.39, 0.29) is 22.6 Å². The van der Waals surface area contributed by atoms with Crippen molar-refractivity contribution in [2.75, 3.05) is 44.6 Å². The van der Waals surface area contributed by atoms with E-state index in [1.54, 1.807) is 16.7 Å². The lowest BCUT2D eigenvalue weighted by Gasteiger charge is -2.36. The average molecular weight is 541 g/mol. The molecule has 2 fully saturated rings. The number of carbonyl (C=O) groups excluding carboxylic acids is 2. The molecule has 0 saturated carbocycles. The van der Waals surface area contributed by atoms with Crippen LogP contribution in [0, 0.1) is 0 Å². The second-order valence-corrected chi connectivity index (χ2v) is 10.5. The number of alkyl halides is 3. The van der Waals surface area contributed by atoms with Gasteiger partial charge in [-0.3, -0.25) is 9.69 Å². The van der Waals surface area contributed by atoms with Gasteiger partial charge in [-0.15, -0.1) is 11.8 Å². The van der Waals surface area contributed by atoms with Crippen LogP contribution in [0.4, 0.5) is 23.7 Å². The van der Waals surface area contributed by atoms with Gasteiger partial charge in [0, 0.05) is 55.5 Å². The van der Waals surface area contributed by atoms with Crippen molar-refractivity contribution in [1.29, 1.82) is 0 Å². The number of piperazine rings is 1. The van der Waals surface area contributed by atoms with Gasteiger partial charge in [0.15, 0.2) is 0 Å². The third-order valence-corrected chi connectivity index (χ3v) is 8.43. The molecule has 36 heavy (non-hydrogen) atoms. The number of rotatable bonds is 6. The third-order valence-electron chi connectivity index (χ3n) is 6.46. The van der Waals surface area contributed by atoms with Gasteiger partial charge in [0.2, 0.25) is 5.91 Å². The predicted octanol–water partition coefficient (Wildman–Crippen LogP) is 5.56. The molecule has 0 bridgehead atoms. The summed E-state index contributed by atoms with van der Waals surface area (Å²) in [5.41, 5.74) is 0.501. The molecule has 2 aliphatic heterocycles. The number of thioether (sulfide) groups is 1. The number of carbonyl (C=O) groups is 2. The summed E-state index contributed by atoms with van der Waals surface area (Å²) in [6.45, 7) is 5.51. The van der Waals surface area contributed by atoms with Crippen molar-refractivity contribution in [3.63, 3.8) is 0 Å². The maximum absolute atomic E-state index is 13.0. The predicted molar refractivity (Wildman–Crippen MR) is 136 cm³/mol. The molecule has 194 valence electrons. The first kappa shape index (κ1) is 26.6. The van der Waals surface area contributed by atoms with E-state index in [4.69, 9.17) is 11.6 Å². The highest BCUT2D eigenvalue weighted by Crippen LogP contribution is 2.45. The molecule has 0 radical (unpaired) electrons. The molecule has 0 unspecified atom stereocenters. The minimum Gasteiger partial charge on any atom is -0.324 e. The molecule has 2 aliphatic rings. The highest BCUT2D eigenvalue weighted by molar-refractivity contribution is 8.01. The van der Waals surface area contributed by atoms with E-state index < -0.39 is 11.7 Å². The monoisotopic (exact) mass is 540 g/mol. The summed E-state index contributed by atoms with van der Waals surface area (Å²) in [4.78, 5) is 31.3. The van der Waals surface area contributed by atoms with Gasteiger partial charge in [-0.1, -0.05) is 36.7 Å². The van der Waals surface area contributed by atoms with E-state index in [1.807, 2.05) is 36.1 Å². The standard InChI is InChI=1S/C25H28ClF3N4O2S/c1-2-21-22(34)33(23(36-21)19-5-3-4-6-20(19)26)16-13-31-11-14-32(15-12-31)24(35)30-18-9-7-17(8-10-18)25(27,28)29/h3-10,21,23H,2,11-16H2,1H3,(H,30,35)/t21-,23-/m1/s1. The Morgan fingerprint density at radius 2 is 1.72 bits per heavy atom. The van der Waals surface area contributed by atoms with Crippen LogP contribution in [-0.2, 0) is 11.0 Å². The Morgan fingerprint density at radius 1 is 1.06 bits per heavy atom. The Kier molecular flexibility index (Phi) is 8.37. The van der Waals surface area contributed by atoms with Gasteiger partial charge in [0.25, 0.3) is 0 Å². The number of nitrogens with zero attached hydrogens (tertiary/aromatic N) is 3. The molecule has 0 aliphatic carbocycles. The molecule has 2 aromatic carbocycles. The highest BCUT2D eigenvalue weighted by Gasteiger charge is 2.40. The van der Waals surface area contributed by atoms with Crippen molar-refractivity contribution >= 4 is 41.0 Å². The first-order valence-electron chi connectivity index (χ1n) is 11.8. The molecular formula is C25H28ClF3N4O2S. The lowest BCUT2D eigenvalue weighted by molar-refractivity contribution is -0.137. The number of benzene rings is 2. The average Bonchev–Trinajstić information content (AvgIpc) is 3.18. The summed E-state index contributed by atoms with van der Waals surface area (Å²) in [5.74, 6) is 0.127. The summed E-state index contributed by atoms with van der Waals surface area (Å²) in [5, 5.41) is 3.11. The quantitative estimate of drug-likeness (QED) is 0.521. The van der Waals surface area contributed by atoms with Crippen LogP contribution in [0.5, 0.6) is 0 Å². The number of nitrogens with one attached hydrogen (secondary N) is 1. The number of urea groups is 1. The first-order valence-corrected chi connectivity index (χ1v) is 13.2. The molecule has 2 aromatic rings. The smallest absolute Gasteiger partial charge is 0.324 e. The molecule has 2 saturated heterocycles. The third kappa shape index (κ3) is 6.10. The van der Waals surface area contributed by atoms with Crippen LogP contribution < -0.4 is 5.32 Å². The molecule has 0 spiro atoms. The zero-order valence-corrected chi connectivity index (χ0v) is 21.4. The fraction of sp³-hybridized carbons (Fsp3) is 0.440. The number of halogens is 4. The van der Waals surface area contributed by atoms with Crippen molar-refractivity contribution in [2.24, 2.45) is 0 Å². The Bertz CT molecular complexity index is 1080. The van der Waals surface area contributed by atoms with Crippen LogP contribution in [0.1, 0.15) is 29.8 Å². The first-order chi connectivity index (χ1) is 17.2. The maximum Gasteiger partial charge on any atom is 0.416 e. The van der Waals surface area contributed by atoms with E-state index in [9.17, 15) is 22.8 Å². The SMILES string of the molecule is CC[C@H]1S[C@H](c2ccccc2Cl)N(CCN2CCN(C(=O)Nc3ccc(C(F)(F)F)cc3)CC2)C1=O. The molecule has 3 amide bonds. The topological polar surface area (TPSA) is 55.9 Å². The zero-order valence-electron chi connectivity index (χ0n) is 19.8. The van der Waals surface area contributed by atoms with E-state index in [2.05, 4.69) is 10.2 Å². The Labute approximate surface area is 217 Å². The van der Waals surface area contributed by atoms with Gasteiger partial charge in [0.05, 0.1) is 10.8 Å². The summed E-state index contributed by atoms with van der Waals surface area (Å²) < 4.78 is 38.2. The number of anilines is 1. The number of hydrogen-bond donors (Lipinski definition) is 1. The summed E-state index contributed by atoms with van der Waals surface area (Å²) in [6, 6.07) is 11.7.